The first-order valence-electron chi connectivity index (χ1n) is 7.41. The molecular weight excluding hydrogens is 268 g/mol. The number of hydrogen-bond donors (Lipinski definition) is 1. The van der Waals surface area contributed by atoms with E-state index in [4.69, 9.17) is 10.00 Å². The molecule has 2 aliphatic rings. The van der Waals surface area contributed by atoms with Gasteiger partial charge in [-0.25, -0.2) is 9.97 Å². The number of nitrogens with one attached hydrogen (secondary N) is 1. The minimum absolute atomic E-state index is 0.269. The molecule has 0 radical (unpaired) electrons. The molecule has 2 aliphatic heterocycles. The van der Waals surface area contributed by atoms with Crippen molar-refractivity contribution in [1.82, 2.24) is 14.9 Å². The summed E-state index contributed by atoms with van der Waals surface area (Å²) in [6.07, 6.45) is 5.92. The van der Waals surface area contributed by atoms with Crippen molar-refractivity contribution in [2.24, 2.45) is 0 Å². The number of aromatic nitrogens is 2. The minimum atomic E-state index is 0.269. The average molecular weight is 288 g/mol. The Morgan fingerprint density at radius 1 is 1.29 bits per heavy atom. The number of hydrogen-bond acceptors (Lipinski definition) is 7. The van der Waals surface area contributed by atoms with Gasteiger partial charge in [0.15, 0.2) is 6.19 Å². The molecule has 0 bridgehead atoms. The fraction of sp³-hybridized carbons (Fsp3) is 0.643. The van der Waals surface area contributed by atoms with Crippen molar-refractivity contribution in [2.75, 3.05) is 49.6 Å². The average Bonchev–Trinajstić information content (AvgIpc) is 2.56. The highest BCUT2D eigenvalue weighted by molar-refractivity contribution is 5.49. The lowest BCUT2D eigenvalue weighted by Crippen LogP contribution is -2.40. The summed E-state index contributed by atoms with van der Waals surface area (Å²) >= 11 is 0. The molecule has 2 fully saturated rings. The molecule has 0 aliphatic carbocycles. The van der Waals surface area contributed by atoms with Gasteiger partial charge in [0, 0.05) is 38.3 Å². The van der Waals surface area contributed by atoms with Gasteiger partial charge in [0.05, 0.1) is 13.2 Å². The van der Waals surface area contributed by atoms with Crippen LogP contribution in [0.5, 0.6) is 0 Å². The Labute approximate surface area is 124 Å². The number of nitrogens with zero attached hydrogens (tertiary/aromatic N) is 5. The summed E-state index contributed by atoms with van der Waals surface area (Å²) in [5, 5.41) is 12.4. The molecule has 0 spiro atoms. The second-order valence-electron chi connectivity index (χ2n) is 5.39. The molecule has 1 N–H and O–H groups in total. The molecule has 112 valence electrons. The predicted octanol–water partition coefficient (Wildman–Crippen LogP) is 0.671. The maximum Gasteiger partial charge on any atom is 0.179 e. The van der Waals surface area contributed by atoms with Crippen LogP contribution in [0.25, 0.3) is 0 Å². The van der Waals surface area contributed by atoms with Gasteiger partial charge in [0.1, 0.15) is 18.0 Å². The third-order valence-electron chi connectivity index (χ3n) is 3.90. The standard InChI is InChI=1S/C14H20N6O/c15-10-19-3-1-2-12(9-19)18-13-8-14(17-11-16-13)20-4-6-21-7-5-20/h8,11-12H,1-7,9H2,(H,16,17,18)/t12-/m1/s1. The lowest BCUT2D eigenvalue weighted by atomic mass is 10.1. The number of morpholine rings is 1. The van der Waals surface area contributed by atoms with E-state index >= 15 is 0 Å². The molecule has 3 heterocycles. The normalized spacial score (nSPS) is 22.7. The number of ether oxygens (including phenoxy) is 1. The zero-order valence-corrected chi connectivity index (χ0v) is 12.0. The fourth-order valence-corrected chi connectivity index (χ4v) is 2.79. The molecular formula is C14H20N6O. The molecule has 2 saturated heterocycles. The highest BCUT2D eigenvalue weighted by Gasteiger charge is 2.20. The monoisotopic (exact) mass is 288 g/mol. The van der Waals surface area contributed by atoms with Gasteiger partial charge >= 0.3 is 0 Å². The van der Waals surface area contributed by atoms with E-state index in [9.17, 15) is 0 Å². The van der Waals surface area contributed by atoms with E-state index in [0.29, 0.717) is 0 Å². The molecule has 0 amide bonds. The molecule has 0 aromatic carbocycles. The van der Waals surface area contributed by atoms with E-state index in [1.807, 2.05) is 6.07 Å². The topological polar surface area (TPSA) is 77.3 Å². The molecule has 3 rings (SSSR count). The maximum absolute atomic E-state index is 8.99. The molecule has 7 nitrogen and oxygen atoms in total. The van der Waals surface area contributed by atoms with Crippen molar-refractivity contribution in [3.63, 3.8) is 0 Å². The van der Waals surface area contributed by atoms with Gasteiger partial charge < -0.3 is 19.9 Å². The number of rotatable bonds is 3. The Bertz CT molecular complexity index is 510. The second-order valence-corrected chi connectivity index (χ2v) is 5.39. The van der Waals surface area contributed by atoms with Gasteiger partial charge in [-0.1, -0.05) is 0 Å². The largest absolute Gasteiger partial charge is 0.378 e. The summed E-state index contributed by atoms with van der Waals surface area (Å²) in [4.78, 5) is 12.6. The van der Waals surface area contributed by atoms with E-state index in [-0.39, 0.29) is 6.04 Å². The van der Waals surface area contributed by atoms with Gasteiger partial charge in [0.2, 0.25) is 0 Å². The van der Waals surface area contributed by atoms with Gasteiger partial charge in [-0.3, -0.25) is 0 Å². The van der Waals surface area contributed by atoms with Crippen LogP contribution in [0.15, 0.2) is 12.4 Å². The number of piperidine rings is 1. The van der Waals surface area contributed by atoms with Crippen molar-refractivity contribution in [3.8, 4) is 6.19 Å². The zero-order chi connectivity index (χ0) is 14.5. The molecule has 0 saturated carbocycles. The molecule has 7 heteroatoms. The minimum Gasteiger partial charge on any atom is -0.378 e. The quantitative estimate of drug-likeness (QED) is 0.819. The highest BCUT2D eigenvalue weighted by Crippen LogP contribution is 2.18. The van der Waals surface area contributed by atoms with Gasteiger partial charge in [-0.15, -0.1) is 0 Å². The van der Waals surface area contributed by atoms with Crippen LogP contribution < -0.4 is 10.2 Å². The lowest BCUT2D eigenvalue weighted by Gasteiger charge is -2.30. The van der Waals surface area contributed by atoms with Crippen molar-refractivity contribution in [1.29, 1.82) is 5.26 Å². The summed E-state index contributed by atoms with van der Waals surface area (Å²) in [6.45, 7) is 4.81. The fourth-order valence-electron chi connectivity index (χ4n) is 2.79. The second kappa shape index (κ2) is 6.59. The van der Waals surface area contributed by atoms with E-state index < -0.39 is 0 Å². The number of likely N-dealkylation sites (tertiary alicyclic amines) is 1. The van der Waals surface area contributed by atoms with Crippen LogP contribution >= 0.6 is 0 Å². The number of anilines is 2. The summed E-state index contributed by atoms with van der Waals surface area (Å²) in [6, 6.07) is 2.25. The Morgan fingerprint density at radius 3 is 2.95 bits per heavy atom. The summed E-state index contributed by atoms with van der Waals surface area (Å²) in [7, 11) is 0. The molecule has 1 aromatic heterocycles. The summed E-state index contributed by atoms with van der Waals surface area (Å²) < 4.78 is 5.36. The van der Waals surface area contributed by atoms with Crippen LogP contribution in [0.1, 0.15) is 12.8 Å². The first-order chi connectivity index (χ1) is 10.3. The highest BCUT2D eigenvalue weighted by atomic mass is 16.5. The van der Waals surface area contributed by atoms with E-state index in [2.05, 4.69) is 26.4 Å². The maximum atomic E-state index is 8.99. The summed E-state index contributed by atoms with van der Waals surface area (Å²) in [5.74, 6) is 1.76. The number of nitriles is 1. The molecule has 0 unspecified atom stereocenters. The third kappa shape index (κ3) is 3.52. The van der Waals surface area contributed by atoms with Crippen LogP contribution in [0.4, 0.5) is 11.6 Å². The SMILES string of the molecule is N#CN1CCC[C@@H](Nc2cc(N3CCOCC3)ncn2)C1. The van der Waals surface area contributed by atoms with Crippen molar-refractivity contribution >= 4 is 11.6 Å². The van der Waals surface area contributed by atoms with Crippen LogP contribution in [-0.4, -0.2) is 60.3 Å². The van der Waals surface area contributed by atoms with Crippen LogP contribution in [0.3, 0.4) is 0 Å². The van der Waals surface area contributed by atoms with Gasteiger partial charge in [-0.2, -0.15) is 5.26 Å². The van der Waals surface area contributed by atoms with E-state index in [1.165, 1.54) is 0 Å². The van der Waals surface area contributed by atoms with E-state index in [1.54, 1.807) is 11.2 Å². The Balaban J connectivity index is 1.64. The van der Waals surface area contributed by atoms with Crippen LogP contribution in [0.2, 0.25) is 0 Å². The zero-order valence-electron chi connectivity index (χ0n) is 12.0. The van der Waals surface area contributed by atoms with Gasteiger partial charge in [-0.05, 0) is 12.8 Å². The van der Waals surface area contributed by atoms with Crippen molar-refractivity contribution in [2.45, 2.75) is 18.9 Å². The van der Waals surface area contributed by atoms with Crippen LogP contribution in [0, 0.1) is 11.5 Å². The third-order valence-corrected chi connectivity index (χ3v) is 3.90. The first-order valence-corrected chi connectivity index (χ1v) is 7.41. The smallest absolute Gasteiger partial charge is 0.179 e. The Kier molecular flexibility index (Phi) is 4.36. The molecule has 1 aromatic rings. The van der Waals surface area contributed by atoms with Gasteiger partial charge in [0.25, 0.3) is 0 Å². The molecule has 21 heavy (non-hydrogen) atoms. The Hall–Kier alpha value is -2.07. The lowest BCUT2D eigenvalue weighted by molar-refractivity contribution is 0.122. The van der Waals surface area contributed by atoms with Crippen molar-refractivity contribution < 1.29 is 4.74 Å². The Morgan fingerprint density at radius 2 is 2.14 bits per heavy atom. The first kappa shape index (κ1) is 13.9. The van der Waals surface area contributed by atoms with E-state index in [0.717, 1.165) is 63.9 Å². The van der Waals surface area contributed by atoms with Crippen molar-refractivity contribution in [3.05, 3.63) is 12.4 Å². The summed E-state index contributed by atoms with van der Waals surface area (Å²) in [5.41, 5.74) is 0. The van der Waals surface area contributed by atoms with Crippen LogP contribution in [-0.2, 0) is 4.74 Å². The predicted molar refractivity (Wildman–Crippen MR) is 78.9 cm³/mol. The molecule has 1 atom stereocenters.